The summed E-state index contributed by atoms with van der Waals surface area (Å²) in [4.78, 5) is 14.6. The molecule has 1 amide bonds. The van der Waals surface area contributed by atoms with E-state index in [4.69, 9.17) is 9.47 Å². The second-order valence-corrected chi connectivity index (χ2v) is 6.11. The summed E-state index contributed by atoms with van der Waals surface area (Å²) in [6, 6.07) is 11.9. The Bertz CT molecular complexity index is 752. The Morgan fingerprint density at radius 2 is 1.65 bits per heavy atom. The van der Waals surface area contributed by atoms with Crippen molar-refractivity contribution >= 4 is 5.91 Å². The van der Waals surface area contributed by atoms with Gasteiger partial charge in [-0.3, -0.25) is 4.79 Å². The van der Waals surface area contributed by atoms with Gasteiger partial charge in [-0.1, -0.05) is 17.7 Å². The van der Waals surface area contributed by atoms with Crippen LogP contribution in [0, 0.1) is 6.92 Å². The number of nitrogens with zero attached hydrogens (tertiary/aromatic N) is 1. The van der Waals surface area contributed by atoms with Crippen LogP contribution in [-0.4, -0.2) is 30.6 Å². The van der Waals surface area contributed by atoms with Crippen molar-refractivity contribution < 1.29 is 14.3 Å². The molecule has 4 rings (SSSR count). The van der Waals surface area contributed by atoms with E-state index in [-0.39, 0.29) is 5.91 Å². The lowest BCUT2D eigenvalue weighted by Gasteiger charge is -2.30. The Kier molecular flexibility index (Phi) is 3.45. The first-order chi connectivity index (χ1) is 11.2. The number of ether oxygens (including phenoxy) is 2. The normalized spacial score (nSPS) is 16.0. The van der Waals surface area contributed by atoms with E-state index in [2.05, 4.69) is 6.07 Å². The summed E-state index contributed by atoms with van der Waals surface area (Å²) in [5, 5.41) is 0. The number of fused-ring (bicyclic) bond motifs is 2. The Morgan fingerprint density at radius 3 is 2.35 bits per heavy atom. The first-order valence-corrected chi connectivity index (χ1v) is 7.98. The molecule has 0 atom stereocenters. The Balaban J connectivity index is 1.58. The number of hydrogen-bond donors (Lipinski definition) is 0. The standard InChI is InChI=1S/C19H19NO3/c1-13-2-4-14(5-3-13)19(21)20-7-6-15-10-17-18(11-16(15)12-20)23-9-8-22-17/h2-5,10-11H,6-9,12H2,1H3. The highest BCUT2D eigenvalue weighted by molar-refractivity contribution is 5.94. The van der Waals surface area contributed by atoms with Crippen molar-refractivity contribution in [3.8, 4) is 11.5 Å². The number of benzene rings is 2. The van der Waals surface area contributed by atoms with Crippen molar-refractivity contribution in [3.63, 3.8) is 0 Å². The molecule has 0 spiro atoms. The predicted octanol–water partition coefficient (Wildman–Crippen LogP) is 2.96. The quantitative estimate of drug-likeness (QED) is 0.813. The summed E-state index contributed by atoms with van der Waals surface area (Å²) in [6.07, 6.45) is 0.851. The maximum atomic E-state index is 12.7. The van der Waals surface area contributed by atoms with Crippen molar-refractivity contribution in [1.82, 2.24) is 4.90 Å². The van der Waals surface area contributed by atoms with Crippen LogP contribution in [0.4, 0.5) is 0 Å². The maximum absolute atomic E-state index is 12.7. The van der Waals surface area contributed by atoms with Crippen LogP contribution in [0.15, 0.2) is 36.4 Å². The fourth-order valence-corrected chi connectivity index (χ4v) is 3.15. The lowest BCUT2D eigenvalue weighted by molar-refractivity contribution is 0.0734. The van der Waals surface area contributed by atoms with Crippen LogP contribution in [-0.2, 0) is 13.0 Å². The van der Waals surface area contributed by atoms with Gasteiger partial charge in [-0.05, 0) is 48.7 Å². The first kappa shape index (κ1) is 14.1. The number of rotatable bonds is 1. The van der Waals surface area contributed by atoms with E-state index in [9.17, 15) is 4.79 Å². The molecule has 0 fully saturated rings. The molecular weight excluding hydrogens is 290 g/mol. The van der Waals surface area contributed by atoms with Gasteiger partial charge in [-0.25, -0.2) is 0 Å². The molecule has 23 heavy (non-hydrogen) atoms. The van der Waals surface area contributed by atoms with Crippen molar-refractivity contribution in [2.75, 3.05) is 19.8 Å². The second-order valence-electron chi connectivity index (χ2n) is 6.11. The van der Waals surface area contributed by atoms with E-state index in [0.29, 0.717) is 19.8 Å². The SMILES string of the molecule is Cc1ccc(C(=O)N2CCc3cc4c(cc3C2)OCCO4)cc1. The summed E-state index contributed by atoms with van der Waals surface area (Å²) < 4.78 is 11.3. The Labute approximate surface area is 135 Å². The van der Waals surface area contributed by atoms with Gasteiger partial charge in [-0.2, -0.15) is 0 Å². The maximum Gasteiger partial charge on any atom is 0.254 e. The van der Waals surface area contributed by atoms with Gasteiger partial charge < -0.3 is 14.4 Å². The molecule has 0 radical (unpaired) electrons. The highest BCUT2D eigenvalue weighted by atomic mass is 16.6. The number of carbonyl (C=O) groups is 1. The molecule has 0 aliphatic carbocycles. The van der Waals surface area contributed by atoms with E-state index >= 15 is 0 Å². The molecule has 2 aliphatic rings. The molecule has 118 valence electrons. The summed E-state index contributed by atoms with van der Waals surface area (Å²) in [5.41, 5.74) is 4.31. The van der Waals surface area contributed by atoms with Crippen LogP contribution in [0.3, 0.4) is 0 Å². The third kappa shape index (κ3) is 2.65. The lowest BCUT2D eigenvalue weighted by Crippen LogP contribution is -2.36. The summed E-state index contributed by atoms with van der Waals surface area (Å²) in [5.74, 6) is 1.71. The van der Waals surface area contributed by atoms with Crippen molar-refractivity contribution in [1.29, 1.82) is 0 Å². The minimum atomic E-state index is 0.0885. The van der Waals surface area contributed by atoms with Gasteiger partial charge in [-0.15, -0.1) is 0 Å². The molecule has 0 unspecified atom stereocenters. The molecule has 2 heterocycles. The number of hydrogen-bond acceptors (Lipinski definition) is 3. The first-order valence-electron chi connectivity index (χ1n) is 7.98. The molecule has 2 aliphatic heterocycles. The third-order valence-electron chi connectivity index (χ3n) is 4.46. The van der Waals surface area contributed by atoms with Crippen LogP contribution in [0.25, 0.3) is 0 Å². The van der Waals surface area contributed by atoms with Gasteiger partial charge in [0.15, 0.2) is 11.5 Å². The van der Waals surface area contributed by atoms with Gasteiger partial charge in [0.1, 0.15) is 13.2 Å². The fraction of sp³-hybridized carbons (Fsp3) is 0.316. The number of aryl methyl sites for hydroxylation is 1. The van der Waals surface area contributed by atoms with E-state index in [1.165, 1.54) is 5.56 Å². The third-order valence-corrected chi connectivity index (χ3v) is 4.46. The predicted molar refractivity (Wildman–Crippen MR) is 87.1 cm³/mol. The van der Waals surface area contributed by atoms with Crippen LogP contribution < -0.4 is 9.47 Å². The average molecular weight is 309 g/mol. The Hall–Kier alpha value is -2.49. The summed E-state index contributed by atoms with van der Waals surface area (Å²) in [7, 11) is 0. The van der Waals surface area contributed by atoms with Gasteiger partial charge in [0.05, 0.1) is 0 Å². The molecule has 0 aromatic heterocycles. The molecule has 2 aromatic carbocycles. The molecule has 4 nitrogen and oxygen atoms in total. The van der Waals surface area contributed by atoms with Crippen LogP contribution in [0.5, 0.6) is 11.5 Å². The van der Waals surface area contributed by atoms with Crippen molar-refractivity contribution in [2.24, 2.45) is 0 Å². The highest BCUT2D eigenvalue weighted by Gasteiger charge is 2.24. The van der Waals surface area contributed by atoms with E-state index in [0.717, 1.165) is 41.2 Å². The van der Waals surface area contributed by atoms with Gasteiger partial charge in [0, 0.05) is 18.7 Å². The molecule has 0 bridgehead atoms. The second kappa shape index (κ2) is 5.61. The topological polar surface area (TPSA) is 38.8 Å². The minimum Gasteiger partial charge on any atom is -0.486 e. The zero-order valence-corrected chi connectivity index (χ0v) is 13.2. The van der Waals surface area contributed by atoms with Crippen LogP contribution in [0.2, 0.25) is 0 Å². The zero-order valence-electron chi connectivity index (χ0n) is 13.2. The van der Waals surface area contributed by atoms with Crippen molar-refractivity contribution in [3.05, 3.63) is 58.7 Å². The van der Waals surface area contributed by atoms with Crippen molar-refractivity contribution in [2.45, 2.75) is 19.9 Å². The molecule has 0 saturated heterocycles. The smallest absolute Gasteiger partial charge is 0.254 e. The minimum absolute atomic E-state index is 0.0885. The monoisotopic (exact) mass is 309 g/mol. The largest absolute Gasteiger partial charge is 0.486 e. The Morgan fingerprint density at radius 1 is 1.00 bits per heavy atom. The van der Waals surface area contributed by atoms with Gasteiger partial charge in [0.25, 0.3) is 5.91 Å². The number of carbonyl (C=O) groups excluding carboxylic acids is 1. The molecular formula is C19H19NO3. The van der Waals surface area contributed by atoms with E-state index in [1.807, 2.05) is 42.2 Å². The van der Waals surface area contributed by atoms with Crippen LogP contribution >= 0.6 is 0 Å². The van der Waals surface area contributed by atoms with Gasteiger partial charge >= 0.3 is 0 Å². The average Bonchev–Trinajstić information content (AvgIpc) is 2.59. The molecule has 2 aromatic rings. The van der Waals surface area contributed by atoms with Crippen LogP contribution in [0.1, 0.15) is 27.0 Å². The molecule has 4 heteroatoms. The highest BCUT2D eigenvalue weighted by Crippen LogP contribution is 2.35. The summed E-state index contributed by atoms with van der Waals surface area (Å²) >= 11 is 0. The zero-order chi connectivity index (χ0) is 15.8. The number of amides is 1. The molecule has 0 saturated carbocycles. The fourth-order valence-electron chi connectivity index (χ4n) is 3.15. The molecule has 0 N–H and O–H groups in total. The lowest BCUT2D eigenvalue weighted by atomic mass is 9.98. The summed E-state index contributed by atoms with van der Waals surface area (Å²) in [6.45, 7) is 4.57. The van der Waals surface area contributed by atoms with E-state index in [1.54, 1.807) is 0 Å². The van der Waals surface area contributed by atoms with Gasteiger partial charge in [0.2, 0.25) is 0 Å². The van der Waals surface area contributed by atoms with E-state index < -0.39 is 0 Å².